The van der Waals surface area contributed by atoms with E-state index in [0.29, 0.717) is 17.4 Å². The number of amides is 1. The van der Waals surface area contributed by atoms with E-state index in [4.69, 9.17) is 10.5 Å². The molecule has 2 rings (SSSR count). The molecular formula is C12H15FN2O2. The van der Waals surface area contributed by atoms with Crippen LogP contribution in [0.25, 0.3) is 0 Å². The molecule has 1 saturated carbocycles. The van der Waals surface area contributed by atoms with Gasteiger partial charge in [0.15, 0.2) is 6.61 Å². The molecule has 0 radical (unpaired) electrons. The average molecular weight is 238 g/mol. The minimum Gasteiger partial charge on any atom is -0.483 e. The molecule has 0 spiro atoms. The van der Waals surface area contributed by atoms with Gasteiger partial charge in [0, 0.05) is 18.2 Å². The molecule has 92 valence electrons. The van der Waals surface area contributed by atoms with Crippen LogP contribution in [0, 0.1) is 5.82 Å². The van der Waals surface area contributed by atoms with Gasteiger partial charge in [-0.15, -0.1) is 0 Å². The van der Waals surface area contributed by atoms with Crippen LogP contribution < -0.4 is 15.8 Å². The van der Waals surface area contributed by atoms with E-state index < -0.39 is 0 Å². The molecule has 17 heavy (non-hydrogen) atoms. The van der Waals surface area contributed by atoms with Crippen LogP contribution in [0.3, 0.4) is 0 Å². The molecule has 0 bridgehead atoms. The summed E-state index contributed by atoms with van der Waals surface area (Å²) in [6, 6.07) is 4.40. The third-order valence-electron chi connectivity index (χ3n) is 2.54. The molecule has 1 aromatic rings. The predicted octanol–water partition coefficient (Wildman–Crippen LogP) is 0.942. The number of ether oxygens (including phenoxy) is 1. The van der Waals surface area contributed by atoms with Crippen molar-refractivity contribution in [2.75, 3.05) is 6.61 Å². The zero-order valence-corrected chi connectivity index (χ0v) is 9.41. The molecule has 0 saturated heterocycles. The molecule has 1 amide bonds. The van der Waals surface area contributed by atoms with E-state index >= 15 is 0 Å². The van der Waals surface area contributed by atoms with Crippen LogP contribution in [0.2, 0.25) is 0 Å². The monoisotopic (exact) mass is 238 g/mol. The first-order valence-corrected chi connectivity index (χ1v) is 5.59. The van der Waals surface area contributed by atoms with Crippen molar-refractivity contribution < 1.29 is 13.9 Å². The van der Waals surface area contributed by atoms with Gasteiger partial charge in [-0.25, -0.2) is 4.39 Å². The first-order valence-electron chi connectivity index (χ1n) is 5.59. The fourth-order valence-electron chi connectivity index (χ4n) is 1.49. The molecule has 1 fully saturated rings. The lowest BCUT2D eigenvalue weighted by molar-refractivity contribution is -0.123. The summed E-state index contributed by atoms with van der Waals surface area (Å²) in [6.07, 6.45) is 2.08. The maximum atomic E-state index is 12.9. The van der Waals surface area contributed by atoms with Gasteiger partial charge in [-0.3, -0.25) is 4.79 Å². The smallest absolute Gasteiger partial charge is 0.258 e. The third kappa shape index (κ3) is 3.42. The Bertz CT molecular complexity index is 419. The number of nitrogens with two attached hydrogens (primary N) is 1. The lowest BCUT2D eigenvalue weighted by atomic mass is 10.2. The van der Waals surface area contributed by atoms with E-state index in [1.165, 1.54) is 18.2 Å². The van der Waals surface area contributed by atoms with Gasteiger partial charge >= 0.3 is 0 Å². The summed E-state index contributed by atoms with van der Waals surface area (Å²) in [4.78, 5) is 11.4. The van der Waals surface area contributed by atoms with E-state index in [1.807, 2.05) is 0 Å². The first-order chi connectivity index (χ1) is 8.19. The van der Waals surface area contributed by atoms with E-state index in [2.05, 4.69) is 5.32 Å². The van der Waals surface area contributed by atoms with Crippen LogP contribution in [0.4, 0.5) is 4.39 Å². The normalized spacial score (nSPS) is 14.5. The fourth-order valence-corrected chi connectivity index (χ4v) is 1.49. The van der Waals surface area contributed by atoms with Crippen molar-refractivity contribution in [2.24, 2.45) is 5.73 Å². The average Bonchev–Trinajstić information content (AvgIpc) is 3.11. The quantitative estimate of drug-likeness (QED) is 0.802. The van der Waals surface area contributed by atoms with Crippen molar-refractivity contribution in [3.8, 4) is 5.75 Å². The van der Waals surface area contributed by atoms with Crippen molar-refractivity contribution in [3.05, 3.63) is 29.6 Å². The van der Waals surface area contributed by atoms with E-state index in [9.17, 15) is 9.18 Å². The summed E-state index contributed by atoms with van der Waals surface area (Å²) in [5.74, 6) is -0.0557. The number of hydrogen-bond donors (Lipinski definition) is 2. The topological polar surface area (TPSA) is 64.3 Å². The molecule has 0 heterocycles. The zero-order valence-electron chi connectivity index (χ0n) is 9.41. The molecule has 1 aliphatic rings. The Labute approximate surface area is 98.9 Å². The second-order valence-electron chi connectivity index (χ2n) is 4.09. The minimum atomic E-state index is -0.361. The molecule has 1 aliphatic carbocycles. The largest absolute Gasteiger partial charge is 0.483 e. The highest BCUT2D eigenvalue weighted by molar-refractivity contribution is 5.78. The fraction of sp³-hybridized carbons (Fsp3) is 0.417. The number of benzene rings is 1. The SMILES string of the molecule is NCc1cc(F)ccc1OCC(=O)NC1CC1. The molecule has 0 unspecified atom stereocenters. The van der Waals surface area contributed by atoms with Crippen LogP contribution in [-0.4, -0.2) is 18.6 Å². The molecule has 5 heteroatoms. The second kappa shape index (κ2) is 5.14. The van der Waals surface area contributed by atoms with Crippen molar-refractivity contribution in [1.82, 2.24) is 5.32 Å². The molecule has 3 N–H and O–H groups in total. The number of hydrogen-bond acceptors (Lipinski definition) is 3. The number of halogens is 1. The molecular weight excluding hydrogens is 223 g/mol. The van der Waals surface area contributed by atoms with Crippen molar-refractivity contribution >= 4 is 5.91 Å². The Morgan fingerprint density at radius 2 is 2.29 bits per heavy atom. The third-order valence-corrected chi connectivity index (χ3v) is 2.54. The summed E-state index contributed by atoms with van der Waals surface area (Å²) in [5, 5.41) is 2.80. The summed E-state index contributed by atoms with van der Waals surface area (Å²) in [7, 11) is 0. The van der Waals surface area contributed by atoms with Gasteiger partial charge in [0.2, 0.25) is 0 Å². The molecule has 0 aromatic heterocycles. The van der Waals surface area contributed by atoms with Gasteiger partial charge in [0.1, 0.15) is 11.6 Å². The number of carbonyl (C=O) groups excluding carboxylic acids is 1. The van der Waals surface area contributed by atoms with Gasteiger partial charge in [0.05, 0.1) is 0 Å². The second-order valence-corrected chi connectivity index (χ2v) is 4.09. The number of nitrogens with one attached hydrogen (secondary N) is 1. The lowest BCUT2D eigenvalue weighted by Gasteiger charge is -2.10. The number of rotatable bonds is 5. The molecule has 1 aromatic carbocycles. The van der Waals surface area contributed by atoms with Gasteiger partial charge in [0.25, 0.3) is 5.91 Å². The maximum Gasteiger partial charge on any atom is 0.258 e. The predicted molar refractivity (Wildman–Crippen MR) is 61.0 cm³/mol. The van der Waals surface area contributed by atoms with Gasteiger partial charge in [-0.2, -0.15) is 0 Å². The van der Waals surface area contributed by atoms with Gasteiger partial charge < -0.3 is 15.8 Å². The van der Waals surface area contributed by atoms with Gasteiger partial charge in [-0.05, 0) is 31.0 Å². The Morgan fingerprint density at radius 3 is 2.94 bits per heavy atom. The van der Waals surface area contributed by atoms with Crippen LogP contribution in [0.1, 0.15) is 18.4 Å². The van der Waals surface area contributed by atoms with Crippen molar-refractivity contribution in [1.29, 1.82) is 0 Å². The van der Waals surface area contributed by atoms with Crippen LogP contribution in [-0.2, 0) is 11.3 Å². The summed E-state index contributed by atoms with van der Waals surface area (Å²) >= 11 is 0. The Kier molecular flexibility index (Phi) is 3.58. The van der Waals surface area contributed by atoms with Gasteiger partial charge in [-0.1, -0.05) is 0 Å². The highest BCUT2D eigenvalue weighted by Crippen LogP contribution is 2.20. The maximum absolute atomic E-state index is 12.9. The summed E-state index contributed by atoms with van der Waals surface area (Å²) in [6.45, 7) is 0.118. The van der Waals surface area contributed by atoms with E-state index in [0.717, 1.165) is 12.8 Å². The van der Waals surface area contributed by atoms with E-state index in [1.54, 1.807) is 0 Å². The van der Waals surface area contributed by atoms with Crippen molar-refractivity contribution in [2.45, 2.75) is 25.4 Å². The van der Waals surface area contributed by atoms with Crippen molar-refractivity contribution in [3.63, 3.8) is 0 Å². The Hall–Kier alpha value is -1.62. The summed E-state index contributed by atoms with van der Waals surface area (Å²) in [5.41, 5.74) is 6.03. The summed E-state index contributed by atoms with van der Waals surface area (Å²) < 4.78 is 18.2. The molecule has 0 atom stereocenters. The highest BCUT2D eigenvalue weighted by atomic mass is 19.1. The zero-order chi connectivity index (χ0) is 12.3. The van der Waals surface area contributed by atoms with Crippen LogP contribution in [0.5, 0.6) is 5.75 Å². The molecule has 4 nitrogen and oxygen atoms in total. The first kappa shape index (κ1) is 11.9. The Balaban J connectivity index is 1.90. The lowest BCUT2D eigenvalue weighted by Crippen LogP contribution is -2.30. The highest BCUT2D eigenvalue weighted by Gasteiger charge is 2.23. The standard InChI is InChI=1S/C12H15FN2O2/c13-9-1-4-11(8(5-9)6-14)17-7-12(16)15-10-2-3-10/h1,4-5,10H,2-3,6-7,14H2,(H,15,16). The molecule has 0 aliphatic heterocycles. The van der Waals surface area contributed by atoms with Crippen LogP contribution >= 0.6 is 0 Å². The number of carbonyl (C=O) groups is 1. The van der Waals surface area contributed by atoms with E-state index in [-0.39, 0.29) is 24.9 Å². The minimum absolute atomic E-state index is 0.0604. The Morgan fingerprint density at radius 1 is 1.53 bits per heavy atom. The van der Waals surface area contributed by atoms with Crippen LogP contribution in [0.15, 0.2) is 18.2 Å².